The van der Waals surface area contributed by atoms with Crippen LogP contribution in [0.3, 0.4) is 0 Å². The molecule has 1 aliphatic rings. The van der Waals surface area contributed by atoms with E-state index in [1.54, 1.807) is 0 Å². The third-order valence-electron chi connectivity index (χ3n) is 3.89. The van der Waals surface area contributed by atoms with Crippen molar-refractivity contribution >= 4 is 11.9 Å². The molecule has 1 aromatic rings. The van der Waals surface area contributed by atoms with Gasteiger partial charge in [0.05, 0.1) is 11.1 Å². The van der Waals surface area contributed by atoms with Gasteiger partial charge in [-0.3, -0.25) is 14.6 Å². The number of pyridine rings is 1. The monoisotopic (exact) mass is 330 g/mol. The Morgan fingerprint density at radius 3 is 2.70 bits per heavy atom. The zero-order valence-electron chi connectivity index (χ0n) is 12.3. The highest BCUT2D eigenvalue weighted by Crippen LogP contribution is 2.30. The lowest BCUT2D eigenvalue weighted by Gasteiger charge is -2.35. The Kier molecular flexibility index (Phi) is 5.23. The SMILES string of the molecule is O=C(O)CCC1CCCCN1C(=O)c1cncc(C(F)(F)F)c1. The van der Waals surface area contributed by atoms with Crippen LogP contribution in [0.4, 0.5) is 13.2 Å². The summed E-state index contributed by atoms with van der Waals surface area (Å²) in [5.41, 5.74) is -1.09. The average Bonchev–Trinajstić information content (AvgIpc) is 2.52. The lowest BCUT2D eigenvalue weighted by Crippen LogP contribution is -2.44. The number of likely N-dealkylation sites (tertiary alicyclic amines) is 1. The second-order valence-corrected chi connectivity index (χ2v) is 5.54. The Balaban J connectivity index is 2.18. The molecule has 0 aromatic carbocycles. The van der Waals surface area contributed by atoms with Crippen LogP contribution in [-0.4, -0.2) is 39.5 Å². The Hall–Kier alpha value is -2.12. The fraction of sp³-hybridized carbons (Fsp3) is 0.533. The first-order chi connectivity index (χ1) is 10.8. The molecule has 8 heteroatoms. The lowest BCUT2D eigenvalue weighted by molar-refractivity contribution is -0.138. The predicted octanol–water partition coefficient (Wildman–Crippen LogP) is 2.96. The molecule has 1 unspecified atom stereocenters. The molecule has 1 fully saturated rings. The summed E-state index contributed by atoms with van der Waals surface area (Å²) in [4.78, 5) is 28.2. The second kappa shape index (κ2) is 6.97. The quantitative estimate of drug-likeness (QED) is 0.921. The largest absolute Gasteiger partial charge is 0.481 e. The zero-order valence-corrected chi connectivity index (χ0v) is 12.3. The first-order valence-electron chi connectivity index (χ1n) is 7.34. The molecular formula is C15H17F3N2O3. The lowest BCUT2D eigenvalue weighted by atomic mass is 9.97. The van der Waals surface area contributed by atoms with Crippen molar-refractivity contribution in [2.45, 2.75) is 44.3 Å². The van der Waals surface area contributed by atoms with E-state index in [9.17, 15) is 22.8 Å². The number of aliphatic carboxylic acids is 1. The minimum atomic E-state index is -4.56. The van der Waals surface area contributed by atoms with Gasteiger partial charge in [0.2, 0.25) is 0 Å². The highest BCUT2D eigenvalue weighted by molar-refractivity contribution is 5.94. The minimum Gasteiger partial charge on any atom is -0.481 e. The molecule has 1 N–H and O–H groups in total. The number of nitrogens with zero attached hydrogens (tertiary/aromatic N) is 2. The van der Waals surface area contributed by atoms with E-state index in [0.717, 1.165) is 25.1 Å². The van der Waals surface area contributed by atoms with Gasteiger partial charge in [0.1, 0.15) is 0 Å². The van der Waals surface area contributed by atoms with Gasteiger partial charge < -0.3 is 10.0 Å². The molecular weight excluding hydrogens is 313 g/mol. The number of alkyl halides is 3. The fourth-order valence-corrected chi connectivity index (χ4v) is 2.74. The van der Waals surface area contributed by atoms with Crippen molar-refractivity contribution in [2.75, 3.05) is 6.54 Å². The van der Waals surface area contributed by atoms with Crippen molar-refractivity contribution in [1.82, 2.24) is 9.88 Å². The van der Waals surface area contributed by atoms with Gasteiger partial charge in [-0.2, -0.15) is 13.2 Å². The van der Waals surface area contributed by atoms with E-state index < -0.39 is 23.6 Å². The molecule has 1 saturated heterocycles. The molecule has 0 bridgehead atoms. The number of hydrogen-bond acceptors (Lipinski definition) is 3. The van der Waals surface area contributed by atoms with E-state index in [0.29, 0.717) is 25.6 Å². The van der Waals surface area contributed by atoms with E-state index in [2.05, 4.69) is 4.98 Å². The number of carboxylic acid groups (broad SMARTS) is 1. The molecule has 1 atom stereocenters. The number of hydrogen-bond donors (Lipinski definition) is 1. The molecule has 5 nitrogen and oxygen atoms in total. The minimum absolute atomic E-state index is 0.0741. The van der Waals surface area contributed by atoms with Crippen molar-refractivity contribution in [2.24, 2.45) is 0 Å². The average molecular weight is 330 g/mol. The Morgan fingerprint density at radius 2 is 2.04 bits per heavy atom. The number of piperidine rings is 1. The van der Waals surface area contributed by atoms with Crippen molar-refractivity contribution in [3.05, 3.63) is 29.6 Å². The summed E-state index contributed by atoms with van der Waals surface area (Å²) in [6, 6.07) is 0.528. The van der Waals surface area contributed by atoms with Gasteiger partial charge in [-0.15, -0.1) is 0 Å². The van der Waals surface area contributed by atoms with Gasteiger partial charge in [0, 0.05) is 31.4 Å². The second-order valence-electron chi connectivity index (χ2n) is 5.54. The van der Waals surface area contributed by atoms with Crippen molar-refractivity contribution in [3.8, 4) is 0 Å². The Morgan fingerprint density at radius 1 is 1.30 bits per heavy atom. The summed E-state index contributed by atoms with van der Waals surface area (Å²) in [7, 11) is 0. The summed E-state index contributed by atoms with van der Waals surface area (Å²) >= 11 is 0. The molecule has 1 amide bonds. The number of amides is 1. The normalized spacial score (nSPS) is 18.7. The van der Waals surface area contributed by atoms with Gasteiger partial charge in [-0.25, -0.2) is 0 Å². The van der Waals surface area contributed by atoms with Gasteiger partial charge in [0.15, 0.2) is 0 Å². The number of carbonyl (C=O) groups excluding carboxylic acids is 1. The van der Waals surface area contributed by atoms with Crippen LogP contribution in [0.2, 0.25) is 0 Å². The first kappa shape index (κ1) is 17.2. The number of halogens is 3. The van der Waals surface area contributed by atoms with Crippen LogP contribution in [0.5, 0.6) is 0 Å². The van der Waals surface area contributed by atoms with Crippen LogP contribution in [0.15, 0.2) is 18.5 Å². The van der Waals surface area contributed by atoms with Crippen molar-refractivity contribution < 1.29 is 27.9 Å². The topological polar surface area (TPSA) is 70.5 Å². The summed E-state index contributed by atoms with van der Waals surface area (Å²) < 4.78 is 38.2. The maximum Gasteiger partial charge on any atom is 0.417 e. The molecule has 0 radical (unpaired) electrons. The molecule has 2 heterocycles. The van der Waals surface area contributed by atoms with E-state index in [-0.39, 0.29) is 18.0 Å². The number of carbonyl (C=O) groups is 2. The third kappa shape index (κ3) is 4.43. The van der Waals surface area contributed by atoms with Crippen LogP contribution in [0.1, 0.15) is 48.0 Å². The van der Waals surface area contributed by atoms with Gasteiger partial charge in [-0.1, -0.05) is 0 Å². The highest BCUT2D eigenvalue weighted by Gasteiger charge is 2.33. The van der Waals surface area contributed by atoms with Crippen LogP contribution < -0.4 is 0 Å². The van der Waals surface area contributed by atoms with E-state index >= 15 is 0 Å². The molecule has 126 valence electrons. The molecule has 1 aliphatic heterocycles. The molecule has 23 heavy (non-hydrogen) atoms. The van der Waals surface area contributed by atoms with Crippen molar-refractivity contribution in [1.29, 1.82) is 0 Å². The van der Waals surface area contributed by atoms with Gasteiger partial charge >= 0.3 is 12.1 Å². The summed E-state index contributed by atoms with van der Waals surface area (Å²) in [6.07, 6.45) is -0.270. The van der Waals surface area contributed by atoms with Crippen molar-refractivity contribution in [3.63, 3.8) is 0 Å². The van der Waals surface area contributed by atoms with Crippen LogP contribution in [0.25, 0.3) is 0 Å². The van der Waals surface area contributed by atoms with E-state index in [1.807, 2.05) is 0 Å². The van der Waals surface area contributed by atoms with Gasteiger partial charge in [-0.05, 0) is 31.7 Å². The zero-order chi connectivity index (χ0) is 17.0. The molecule has 0 aliphatic carbocycles. The standard InChI is InChI=1S/C15H17F3N2O3/c16-15(17,18)11-7-10(8-19-9-11)14(23)20-6-2-1-3-12(20)4-5-13(21)22/h7-9,12H,1-6H2,(H,21,22). The summed E-state index contributed by atoms with van der Waals surface area (Å²) in [5.74, 6) is -1.48. The number of carboxylic acids is 1. The van der Waals surface area contributed by atoms with Crippen LogP contribution in [0, 0.1) is 0 Å². The Bertz CT molecular complexity index is 590. The summed E-state index contributed by atoms with van der Waals surface area (Å²) in [5, 5.41) is 8.77. The maximum atomic E-state index is 12.7. The number of aromatic nitrogens is 1. The predicted molar refractivity (Wildman–Crippen MR) is 74.8 cm³/mol. The highest BCUT2D eigenvalue weighted by atomic mass is 19.4. The van der Waals surface area contributed by atoms with Crippen LogP contribution >= 0.6 is 0 Å². The van der Waals surface area contributed by atoms with Gasteiger partial charge in [0.25, 0.3) is 5.91 Å². The first-order valence-corrected chi connectivity index (χ1v) is 7.34. The molecule has 1 aromatic heterocycles. The number of rotatable bonds is 4. The molecule has 2 rings (SSSR count). The summed E-state index contributed by atoms with van der Waals surface area (Å²) in [6.45, 7) is 0.416. The third-order valence-corrected chi connectivity index (χ3v) is 3.89. The van der Waals surface area contributed by atoms with E-state index in [4.69, 9.17) is 5.11 Å². The maximum absolute atomic E-state index is 12.7. The molecule has 0 spiro atoms. The fourth-order valence-electron chi connectivity index (χ4n) is 2.74. The Labute approximate surface area is 131 Å². The van der Waals surface area contributed by atoms with Crippen LogP contribution in [-0.2, 0) is 11.0 Å². The van der Waals surface area contributed by atoms with E-state index in [1.165, 1.54) is 4.90 Å². The smallest absolute Gasteiger partial charge is 0.417 e. The molecule has 0 saturated carbocycles.